The summed E-state index contributed by atoms with van der Waals surface area (Å²) in [5, 5.41) is 0. The number of carbonyl (C=O) groups is 1. The molecule has 4 heteroatoms. The van der Waals surface area contributed by atoms with Gasteiger partial charge < -0.3 is 14.2 Å². The molecule has 0 N–H and O–H groups in total. The minimum absolute atomic E-state index is 0.148. The Bertz CT molecular complexity index is 470. The summed E-state index contributed by atoms with van der Waals surface area (Å²) in [4.78, 5) is 12.0. The summed E-state index contributed by atoms with van der Waals surface area (Å²) in [7, 11) is 3.22. The zero-order valence-corrected chi connectivity index (χ0v) is 14.9. The zero-order valence-electron chi connectivity index (χ0n) is 14.9. The van der Waals surface area contributed by atoms with Gasteiger partial charge in [0.2, 0.25) is 0 Å². The van der Waals surface area contributed by atoms with Crippen LogP contribution in [0.5, 0.6) is 11.5 Å². The van der Waals surface area contributed by atoms with Crippen molar-refractivity contribution in [1.29, 1.82) is 0 Å². The number of hydrogen-bond acceptors (Lipinski definition) is 4. The highest BCUT2D eigenvalue weighted by molar-refractivity contribution is 5.70. The molecule has 0 saturated heterocycles. The molecule has 0 spiro atoms. The molecule has 1 aromatic rings. The molecule has 0 aliphatic heterocycles. The van der Waals surface area contributed by atoms with Gasteiger partial charge >= 0.3 is 5.97 Å². The lowest BCUT2D eigenvalue weighted by molar-refractivity contribution is -0.145. The number of esters is 1. The summed E-state index contributed by atoms with van der Waals surface area (Å²) in [5.41, 5.74) is 0.960. The second kappa shape index (κ2) is 10.9. The van der Waals surface area contributed by atoms with Crippen molar-refractivity contribution < 1.29 is 19.0 Å². The third kappa shape index (κ3) is 6.51. The van der Waals surface area contributed by atoms with Crippen LogP contribution in [-0.4, -0.2) is 26.8 Å². The first kappa shape index (κ1) is 19.3. The third-order valence-corrected chi connectivity index (χ3v) is 4.11. The Balaban J connectivity index is 2.47. The van der Waals surface area contributed by atoms with Crippen molar-refractivity contribution in [2.24, 2.45) is 5.92 Å². The van der Waals surface area contributed by atoms with Gasteiger partial charge in [-0.15, -0.1) is 0 Å². The van der Waals surface area contributed by atoms with Gasteiger partial charge in [0.05, 0.1) is 20.8 Å². The van der Waals surface area contributed by atoms with Crippen LogP contribution in [0, 0.1) is 5.92 Å². The second-order valence-electron chi connectivity index (χ2n) is 5.75. The summed E-state index contributed by atoms with van der Waals surface area (Å²) in [6, 6.07) is 5.70. The number of hydrogen-bond donors (Lipinski definition) is 0. The number of rotatable bonds is 11. The fourth-order valence-corrected chi connectivity index (χ4v) is 2.57. The van der Waals surface area contributed by atoms with E-state index in [1.165, 1.54) is 12.8 Å². The van der Waals surface area contributed by atoms with Gasteiger partial charge in [0.1, 0.15) is 0 Å². The molecule has 1 atom stereocenters. The van der Waals surface area contributed by atoms with E-state index in [4.69, 9.17) is 14.2 Å². The predicted octanol–water partition coefficient (Wildman–Crippen LogP) is 4.40. The minimum atomic E-state index is -0.148. The van der Waals surface area contributed by atoms with Crippen LogP contribution in [0.4, 0.5) is 0 Å². The van der Waals surface area contributed by atoms with Crippen molar-refractivity contribution in [3.8, 4) is 11.5 Å². The molecule has 0 saturated carbocycles. The molecule has 1 rings (SSSR count). The molecule has 0 radical (unpaired) electrons. The maximum Gasteiger partial charge on any atom is 0.306 e. The summed E-state index contributed by atoms with van der Waals surface area (Å²) >= 11 is 0. The first-order valence-electron chi connectivity index (χ1n) is 8.51. The van der Waals surface area contributed by atoms with Crippen molar-refractivity contribution in [3.63, 3.8) is 0 Å². The van der Waals surface area contributed by atoms with Crippen LogP contribution in [0.25, 0.3) is 0 Å². The summed E-state index contributed by atoms with van der Waals surface area (Å²) < 4.78 is 16.1. The van der Waals surface area contributed by atoms with E-state index >= 15 is 0 Å². The number of para-hydroxylation sites is 1. The quantitative estimate of drug-likeness (QED) is 0.567. The normalized spacial score (nSPS) is 11.8. The first-order valence-corrected chi connectivity index (χ1v) is 8.51. The Labute approximate surface area is 140 Å². The predicted molar refractivity (Wildman–Crippen MR) is 92.1 cm³/mol. The van der Waals surface area contributed by atoms with Gasteiger partial charge in [-0.2, -0.15) is 0 Å². The van der Waals surface area contributed by atoms with Crippen LogP contribution in [-0.2, 0) is 16.0 Å². The Morgan fingerprint density at radius 3 is 2.57 bits per heavy atom. The molecule has 0 aromatic heterocycles. The van der Waals surface area contributed by atoms with Crippen LogP contribution in [0.1, 0.15) is 51.5 Å². The molecule has 23 heavy (non-hydrogen) atoms. The Morgan fingerprint density at radius 1 is 1.17 bits per heavy atom. The van der Waals surface area contributed by atoms with Crippen molar-refractivity contribution in [2.75, 3.05) is 20.8 Å². The minimum Gasteiger partial charge on any atom is -0.493 e. The van der Waals surface area contributed by atoms with E-state index < -0.39 is 0 Å². The molecule has 1 aromatic carbocycles. The fourth-order valence-electron chi connectivity index (χ4n) is 2.57. The molecule has 1 unspecified atom stereocenters. The molecular weight excluding hydrogens is 292 g/mol. The average molecular weight is 322 g/mol. The Kier molecular flexibility index (Phi) is 9.18. The molecule has 4 nitrogen and oxygen atoms in total. The van der Waals surface area contributed by atoms with E-state index in [2.05, 4.69) is 13.8 Å². The number of aryl methyl sites for hydroxylation is 1. The van der Waals surface area contributed by atoms with Crippen LogP contribution in [0.2, 0.25) is 0 Å². The third-order valence-electron chi connectivity index (χ3n) is 4.11. The number of methoxy groups -OCH3 is 2. The van der Waals surface area contributed by atoms with E-state index in [0.29, 0.717) is 36.9 Å². The van der Waals surface area contributed by atoms with Gasteiger partial charge in [0, 0.05) is 6.42 Å². The summed E-state index contributed by atoms with van der Waals surface area (Å²) in [6.07, 6.45) is 5.50. The molecule has 0 aliphatic rings. The number of carbonyl (C=O) groups excluding carboxylic acids is 1. The summed E-state index contributed by atoms with van der Waals surface area (Å²) in [5.74, 6) is 1.70. The molecule has 0 amide bonds. The van der Waals surface area contributed by atoms with Gasteiger partial charge in [-0.05, 0) is 30.4 Å². The standard InChI is InChI=1S/C19H30O4/c1-5-7-9-15(6-2)14-23-18(20)13-12-16-10-8-11-17(21-3)19(16)22-4/h8,10-11,15H,5-7,9,12-14H2,1-4H3. The number of benzene rings is 1. The lowest BCUT2D eigenvalue weighted by Gasteiger charge is -2.15. The van der Waals surface area contributed by atoms with Crippen LogP contribution >= 0.6 is 0 Å². The van der Waals surface area contributed by atoms with Gasteiger partial charge in [-0.25, -0.2) is 0 Å². The van der Waals surface area contributed by atoms with E-state index in [9.17, 15) is 4.79 Å². The fraction of sp³-hybridized carbons (Fsp3) is 0.632. The summed E-state index contributed by atoms with van der Waals surface area (Å²) in [6.45, 7) is 4.86. The maximum atomic E-state index is 12.0. The van der Waals surface area contributed by atoms with Crippen molar-refractivity contribution in [3.05, 3.63) is 23.8 Å². The highest BCUT2D eigenvalue weighted by Gasteiger charge is 2.13. The number of unbranched alkanes of at least 4 members (excludes halogenated alkanes) is 1. The van der Waals surface area contributed by atoms with Crippen LogP contribution in [0.3, 0.4) is 0 Å². The number of ether oxygens (including phenoxy) is 3. The van der Waals surface area contributed by atoms with Crippen molar-refractivity contribution >= 4 is 5.97 Å². The van der Waals surface area contributed by atoms with E-state index in [-0.39, 0.29) is 5.97 Å². The first-order chi connectivity index (χ1) is 11.2. The van der Waals surface area contributed by atoms with Gasteiger partial charge in [0.25, 0.3) is 0 Å². The van der Waals surface area contributed by atoms with E-state index in [1.807, 2.05) is 18.2 Å². The van der Waals surface area contributed by atoms with Gasteiger partial charge in [-0.3, -0.25) is 4.79 Å². The van der Waals surface area contributed by atoms with E-state index in [0.717, 1.165) is 18.4 Å². The largest absolute Gasteiger partial charge is 0.493 e. The van der Waals surface area contributed by atoms with E-state index in [1.54, 1.807) is 14.2 Å². The van der Waals surface area contributed by atoms with Gasteiger partial charge in [0.15, 0.2) is 11.5 Å². The van der Waals surface area contributed by atoms with Gasteiger partial charge in [-0.1, -0.05) is 45.2 Å². The Hall–Kier alpha value is -1.71. The highest BCUT2D eigenvalue weighted by Crippen LogP contribution is 2.31. The smallest absolute Gasteiger partial charge is 0.306 e. The highest BCUT2D eigenvalue weighted by atomic mass is 16.5. The topological polar surface area (TPSA) is 44.8 Å². The molecule has 130 valence electrons. The van der Waals surface area contributed by atoms with Crippen LogP contribution in [0.15, 0.2) is 18.2 Å². The maximum absolute atomic E-state index is 12.0. The molecule has 0 bridgehead atoms. The molecule has 0 aliphatic carbocycles. The SMILES string of the molecule is CCCCC(CC)COC(=O)CCc1cccc(OC)c1OC. The molecule has 0 heterocycles. The van der Waals surface area contributed by atoms with Crippen LogP contribution < -0.4 is 9.47 Å². The van der Waals surface area contributed by atoms with Crippen molar-refractivity contribution in [1.82, 2.24) is 0 Å². The Morgan fingerprint density at radius 2 is 1.96 bits per heavy atom. The monoisotopic (exact) mass is 322 g/mol. The molecule has 0 fully saturated rings. The van der Waals surface area contributed by atoms with Crippen molar-refractivity contribution in [2.45, 2.75) is 52.4 Å². The second-order valence-corrected chi connectivity index (χ2v) is 5.75. The lowest BCUT2D eigenvalue weighted by atomic mass is 10.0. The lowest BCUT2D eigenvalue weighted by Crippen LogP contribution is -2.14. The average Bonchev–Trinajstić information content (AvgIpc) is 2.59. The molecular formula is C19H30O4. The zero-order chi connectivity index (χ0) is 17.1.